The highest BCUT2D eigenvalue weighted by atomic mass is 16.6. The zero-order valence-corrected chi connectivity index (χ0v) is 10.6. The lowest BCUT2D eigenvalue weighted by Crippen LogP contribution is -2.40. The quantitative estimate of drug-likeness (QED) is 0.401. The van der Waals surface area contributed by atoms with E-state index in [1.807, 2.05) is 0 Å². The standard InChI is InChI=1S/C12H16O6/c1-6-7-4-12(10(14)16-2,11(15)17-3)5-8(7)9(13)18-6/h6-8H,4-5H2,1-3H3/t6-,7+,8+/m1/s1. The van der Waals surface area contributed by atoms with E-state index in [-0.39, 0.29) is 30.8 Å². The first-order valence-corrected chi connectivity index (χ1v) is 5.83. The van der Waals surface area contributed by atoms with Crippen LogP contribution in [0.5, 0.6) is 0 Å². The lowest BCUT2D eigenvalue weighted by molar-refractivity contribution is -0.170. The molecule has 0 radical (unpaired) electrons. The molecule has 1 saturated carbocycles. The highest BCUT2D eigenvalue weighted by Gasteiger charge is 2.63. The van der Waals surface area contributed by atoms with E-state index in [1.165, 1.54) is 14.2 Å². The van der Waals surface area contributed by atoms with Gasteiger partial charge < -0.3 is 14.2 Å². The third-order valence-electron chi connectivity index (χ3n) is 4.03. The molecule has 1 saturated heterocycles. The van der Waals surface area contributed by atoms with E-state index in [0.717, 1.165) is 0 Å². The van der Waals surface area contributed by atoms with Crippen LogP contribution in [0.4, 0.5) is 0 Å². The van der Waals surface area contributed by atoms with Crippen LogP contribution in [0.15, 0.2) is 0 Å². The van der Waals surface area contributed by atoms with E-state index < -0.39 is 23.3 Å². The SMILES string of the molecule is COC(=O)C1(C(=O)OC)C[C@@H]2[C@H](C1)C(=O)O[C@@H]2C. The van der Waals surface area contributed by atoms with Crippen LogP contribution >= 0.6 is 0 Å². The largest absolute Gasteiger partial charge is 0.468 e. The number of carbonyl (C=O) groups excluding carboxylic acids is 3. The van der Waals surface area contributed by atoms with Crippen molar-refractivity contribution in [2.24, 2.45) is 17.3 Å². The summed E-state index contributed by atoms with van der Waals surface area (Å²) < 4.78 is 14.5. The van der Waals surface area contributed by atoms with Gasteiger partial charge in [0.05, 0.1) is 20.1 Å². The van der Waals surface area contributed by atoms with E-state index in [9.17, 15) is 14.4 Å². The van der Waals surface area contributed by atoms with Crippen LogP contribution in [-0.2, 0) is 28.6 Å². The zero-order chi connectivity index (χ0) is 13.5. The molecule has 0 N–H and O–H groups in total. The van der Waals surface area contributed by atoms with Crippen molar-refractivity contribution in [3.05, 3.63) is 0 Å². The summed E-state index contributed by atoms with van der Waals surface area (Å²) in [6.07, 6.45) is 0.0723. The van der Waals surface area contributed by atoms with Gasteiger partial charge in [-0.2, -0.15) is 0 Å². The Morgan fingerprint density at radius 3 is 2.22 bits per heavy atom. The fraction of sp³-hybridized carbons (Fsp3) is 0.750. The van der Waals surface area contributed by atoms with Crippen molar-refractivity contribution in [3.63, 3.8) is 0 Å². The summed E-state index contributed by atoms with van der Waals surface area (Å²) >= 11 is 0. The van der Waals surface area contributed by atoms with Gasteiger partial charge in [0, 0.05) is 5.92 Å². The summed E-state index contributed by atoms with van der Waals surface area (Å²) in [6, 6.07) is 0. The van der Waals surface area contributed by atoms with Gasteiger partial charge in [0.1, 0.15) is 6.10 Å². The lowest BCUT2D eigenvalue weighted by Gasteiger charge is -2.24. The number of fused-ring (bicyclic) bond motifs is 1. The monoisotopic (exact) mass is 256 g/mol. The van der Waals surface area contributed by atoms with E-state index in [0.29, 0.717) is 0 Å². The van der Waals surface area contributed by atoms with Crippen molar-refractivity contribution in [3.8, 4) is 0 Å². The van der Waals surface area contributed by atoms with Gasteiger partial charge in [0.25, 0.3) is 0 Å². The minimum absolute atomic E-state index is 0.111. The molecule has 1 aliphatic heterocycles. The summed E-state index contributed by atoms with van der Waals surface area (Å²) in [5.41, 5.74) is -1.35. The molecule has 0 bridgehead atoms. The maximum Gasteiger partial charge on any atom is 0.323 e. The number of hydrogen-bond acceptors (Lipinski definition) is 6. The molecule has 0 amide bonds. The fourth-order valence-electron chi connectivity index (χ4n) is 3.07. The first kappa shape index (κ1) is 12.9. The van der Waals surface area contributed by atoms with Gasteiger partial charge >= 0.3 is 17.9 Å². The Bertz CT molecular complexity index is 385. The topological polar surface area (TPSA) is 78.9 Å². The van der Waals surface area contributed by atoms with E-state index in [4.69, 9.17) is 14.2 Å². The normalized spacial score (nSPS) is 32.6. The molecule has 1 aliphatic carbocycles. The number of ether oxygens (including phenoxy) is 3. The summed E-state index contributed by atoms with van der Waals surface area (Å²) in [5.74, 6) is -2.16. The van der Waals surface area contributed by atoms with E-state index >= 15 is 0 Å². The highest BCUT2D eigenvalue weighted by Crippen LogP contribution is 2.52. The molecule has 1 heterocycles. The number of cyclic esters (lactones) is 1. The van der Waals surface area contributed by atoms with Crippen LogP contribution in [0.2, 0.25) is 0 Å². The Balaban J connectivity index is 2.33. The van der Waals surface area contributed by atoms with Crippen LogP contribution < -0.4 is 0 Å². The van der Waals surface area contributed by atoms with Gasteiger partial charge in [-0.1, -0.05) is 0 Å². The third-order valence-corrected chi connectivity index (χ3v) is 4.03. The highest BCUT2D eigenvalue weighted by molar-refractivity contribution is 6.01. The molecule has 2 fully saturated rings. The van der Waals surface area contributed by atoms with E-state index in [2.05, 4.69) is 0 Å². The van der Waals surface area contributed by atoms with Crippen molar-refractivity contribution in [1.29, 1.82) is 0 Å². The first-order valence-electron chi connectivity index (χ1n) is 5.83. The van der Waals surface area contributed by atoms with Gasteiger partial charge in [-0.3, -0.25) is 14.4 Å². The Labute approximate surface area is 105 Å². The van der Waals surface area contributed by atoms with Gasteiger partial charge in [-0.25, -0.2) is 0 Å². The van der Waals surface area contributed by atoms with Crippen LogP contribution in [0.1, 0.15) is 19.8 Å². The molecule has 6 nitrogen and oxygen atoms in total. The minimum atomic E-state index is -1.35. The molecule has 0 aromatic heterocycles. The predicted octanol–water partition coefficient (Wildman–Crippen LogP) is 0.290. The maximum absolute atomic E-state index is 11.9. The molecule has 0 aromatic carbocycles. The Morgan fingerprint density at radius 2 is 1.78 bits per heavy atom. The van der Waals surface area contributed by atoms with Crippen molar-refractivity contribution in [1.82, 2.24) is 0 Å². The summed E-state index contributed by atoms with van der Waals surface area (Å²) in [5, 5.41) is 0. The van der Waals surface area contributed by atoms with Gasteiger partial charge in [-0.15, -0.1) is 0 Å². The smallest absolute Gasteiger partial charge is 0.323 e. The number of hydrogen-bond donors (Lipinski definition) is 0. The maximum atomic E-state index is 11.9. The Hall–Kier alpha value is -1.59. The Kier molecular flexibility index (Phi) is 3.04. The van der Waals surface area contributed by atoms with Crippen molar-refractivity contribution >= 4 is 17.9 Å². The lowest BCUT2D eigenvalue weighted by atomic mass is 9.84. The molecule has 0 spiro atoms. The molecular formula is C12H16O6. The average molecular weight is 256 g/mol. The molecule has 2 rings (SSSR count). The zero-order valence-electron chi connectivity index (χ0n) is 10.6. The van der Waals surface area contributed by atoms with Crippen LogP contribution in [0.25, 0.3) is 0 Å². The molecular weight excluding hydrogens is 240 g/mol. The van der Waals surface area contributed by atoms with Crippen LogP contribution in [0.3, 0.4) is 0 Å². The Morgan fingerprint density at radius 1 is 1.22 bits per heavy atom. The molecule has 2 aliphatic rings. The van der Waals surface area contributed by atoms with Crippen LogP contribution in [0, 0.1) is 17.3 Å². The average Bonchev–Trinajstić information content (AvgIpc) is 2.88. The predicted molar refractivity (Wildman–Crippen MR) is 58.2 cm³/mol. The van der Waals surface area contributed by atoms with Crippen LogP contribution in [-0.4, -0.2) is 38.2 Å². The molecule has 100 valence electrons. The first-order chi connectivity index (χ1) is 8.46. The second kappa shape index (κ2) is 4.26. The van der Waals surface area contributed by atoms with E-state index in [1.54, 1.807) is 6.92 Å². The summed E-state index contributed by atoms with van der Waals surface area (Å²) in [6.45, 7) is 1.77. The van der Waals surface area contributed by atoms with Crippen molar-refractivity contribution < 1.29 is 28.6 Å². The number of carbonyl (C=O) groups is 3. The van der Waals surface area contributed by atoms with Crippen molar-refractivity contribution in [2.45, 2.75) is 25.9 Å². The molecule has 0 unspecified atom stereocenters. The summed E-state index contributed by atoms with van der Waals surface area (Å²) in [7, 11) is 2.45. The number of esters is 3. The minimum Gasteiger partial charge on any atom is -0.468 e. The molecule has 6 heteroatoms. The van der Waals surface area contributed by atoms with Gasteiger partial charge in [-0.05, 0) is 19.8 Å². The third kappa shape index (κ3) is 1.59. The van der Waals surface area contributed by atoms with Gasteiger partial charge in [0.2, 0.25) is 0 Å². The second-order valence-corrected chi connectivity index (χ2v) is 4.89. The molecule has 3 atom stereocenters. The molecule has 0 aromatic rings. The summed E-state index contributed by atoms with van der Waals surface area (Å²) in [4.78, 5) is 35.5. The number of methoxy groups -OCH3 is 2. The molecule has 18 heavy (non-hydrogen) atoms. The van der Waals surface area contributed by atoms with Crippen molar-refractivity contribution in [2.75, 3.05) is 14.2 Å². The number of rotatable bonds is 2. The second-order valence-electron chi connectivity index (χ2n) is 4.89. The van der Waals surface area contributed by atoms with Gasteiger partial charge in [0.15, 0.2) is 5.41 Å². The fourth-order valence-corrected chi connectivity index (χ4v) is 3.07.